The van der Waals surface area contributed by atoms with E-state index in [1.54, 1.807) is 18.2 Å². The lowest BCUT2D eigenvalue weighted by Gasteiger charge is -2.62. The van der Waals surface area contributed by atoms with Crippen LogP contribution in [0.2, 0.25) is 0 Å². The van der Waals surface area contributed by atoms with E-state index in [9.17, 15) is 19.5 Å². The zero-order chi connectivity index (χ0) is 23.8. The molecule has 7 rings (SSSR count). The quantitative estimate of drug-likeness (QED) is 0.400. The Kier molecular flexibility index (Phi) is 4.01. The number of carbonyl (C=O) groups is 2. The number of imidazole rings is 1. The molecule has 4 N–H and O–H groups in total. The molecule has 3 saturated carbocycles. The van der Waals surface area contributed by atoms with Gasteiger partial charge in [-0.25, -0.2) is 9.97 Å². The van der Waals surface area contributed by atoms with E-state index in [-0.39, 0.29) is 17.1 Å². The van der Waals surface area contributed by atoms with E-state index in [0.717, 1.165) is 23.8 Å². The summed E-state index contributed by atoms with van der Waals surface area (Å²) < 4.78 is 7.85. The third kappa shape index (κ3) is 2.71. The SMILES string of the molecule is Cn1c(-c2nc3ccc(C(N)=O)cc3n2C23CC(C2)C3)nc(C(=O)Nc2cnoc2)c(O)c1=O. The van der Waals surface area contributed by atoms with Crippen molar-refractivity contribution in [2.24, 2.45) is 18.7 Å². The van der Waals surface area contributed by atoms with Gasteiger partial charge in [-0.15, -0.1) is 0 Å². The highest BCUT2D eigenvalue weighted by Crippen LogP contribution is 2.63. The molecule has 0 spiro atoms. The number of aromatic nitrogens is 5. The number of hydrogen-bond acceptors (Lipinski definition) is 8. The molecule has 3 aliphatic rings. The molecule has 3 fully saturated rings. The summed E-state index contributed by atoms with van der Waals surface area (Å²) in [7, 11) is 1.45. The molecule has 1 aromatic carbocycles. The van der Waals surface area contributed by atoms with Crippen molar-refractivity contribution in [3.05, 3.63) is 52.3 Å². The molecule has 3 heterocycles. The minimum Gasteiger partial charge on any atom is -0.501 e. The van der Waals surface area contributed by atoms with E-state index in [1.165, 1.54) is 19.5 Å². The van der Waals surface area contributed by atoms with Crippen LogP contribution in [0.25, 0.3) is 22.7 Å². The molecule has 0 atom stereocenters. The summed E-state index contributed by atoms with van der Waals surface area (Å²) in [5, 5.41) is 16.4. The van der Waals surface area contributed by atoms with E-state index in [0.29, 0.717) is 28.3 Å². The van der Waals surface area contributed by atoms with Gasteiger partial charge in [-0.1, -0.05) is 5.16 Å². The van der Waals surface area contributed by atoms with Gasteiger partial charge in [0.15, 0.2) is 17.3 Å². The average Bonchev–Trinajstić information content (AvgIpc) is 3.38. The van der Waals surface area contributed by atoms with Gasteiger partial charge in [-0.2, -0.15) is 0 Å². The molecule has 0 saturated heterocycles. The molecule has 2 bridgehead atoms. The number of amides is 2. The first-order valence-electron chi connectivity index (χ1n) is 10.6. The van der Waals surface area contributed by atoms with Gasteiger partial charge in [0.25, 0.3) is 11.5 Å². The van der Waals surface area contributed by atoms with E-state index < -0.39 is 28.8 Å². The van der Waals surface area contributed by atoms with Crippen LogP contribution in [0.15, 0.2) is 40.0 Å². The lowest BCUT2D eigenvalue weighted by molar-refractivity contribution is -0.0847. The standard InChI is InChI=1S/C22H19N7O5/c1-28-18(27-15(16(30)21(28)33)20(32)25-12-8-24-34-9-12)19-26-13-3-2-11(17(23)31)4-14(13)29(19)22-5-10(6-22)7-22/h2-4,8-10,30H,5-7H2,1H3,(H2,23,31)(H,25,32). The van der Waals surface area contributed by atoms with E-state index in [4.69, 9.17) is 15.2 Å². The Hall–Kier alpha value is -4.48. The minimum atomic E-state index is -0.802. The first-order chi connectivity index (χ1) is 16.3. The largest absolute Gasteiger partial charge is 0.501 e. The number of aromatic hydroxyl groups is 1. The molecule has 0 radical (unpaired) electrons. The maximum absolute atomic E-state index is 12.9. The summed E-state index contributed by atoms with van der Waals surface area (Å²) in [4.78, 5) is 46.6. The number of rotatable bonds is 5. The van der Waals surface area contributed by atoms with Gasteiger partial charge in [0.1, 0.15) is 12.0 Å². The molecule has 4 aromatic rings. The topological polar surface area (TPSA) is 171 Å². The molecule has 172 valence electrons. The van der Waals surface area contributed by atoms with Gasteiger partial charge < -0.3 is 25.2 Å². The van der Waals surface area contributed by atoms with Crippen LogP contribution in [0.5, 0.6) is 5.75 Å². The molecular formula is C22H19N7O5. The molecule has 0 unspecified atom stereocenters. The molecule has 2 amide bonds. The van der Waals surface area contributed by atoms with Crippen LogP contribution in [0.3, 0.4) is 0 Å². The molecule has 3 aromatic heterocycles. The number of benzene rings is 1. The number of nitrogens with zero attached hydrogens (tertiary/aromatic N) is 5. The summed E-state index contributed by atoms with van der Waals surface area (Å²) in [5.74, 6) is -1.04. The van der Waals surface area contributed by atoms with Crippen LogP contribution >= 0.6 is 0 Å². The second-order valence-electron chi connectivity index (χ2n) is 8.91. The number of anilines is 1. The summed E-state index contributed by atoms with van der Waals surface area (Å²) in [5.41, 5.74) is 5.93. The van der Waals surface area contributed by atoms with Crippen LogP contribution < -0.4 is 16.6 Å². The van der Waals surface area contributed by atoms with E-state index in [2.05, 4.69) is 15.5 Å². The Balaban J connectivity index is 1.56. The second kappa shape index (κ2) is 6.76. The molecule has 3 aliphatic carbocycles. The van der Waals surface area contributed by atoms with Crippen molar-refractivity contribution in [2.45, 2.75) is 24.8 Å². The van der Waals surface area contributed by atoms with Crippen LogP contribution in [0.4, 0.5) is 5.69 Å². The third-order valence-electron chi connectivity index (χ3n) is 6.79. The van der Waals surface area contributed by atoms with E-state index in [1.807, 2.05) is 4.57 Å². The molecule has 12 nitrogen and oxygen atoms in total. The Morgan fingerprint density at radius 1 is 1.24 bits per heavy atom. The van der Waals surface area contributed by atoms with Gasteiger partial charge in [-0.3, -0.25) is 19.0 Å². The van der Waals surface area contributed by atoms with Gasteiger partial charge in [0, 0.05) is 18.2 Å². The Labute approximate surface area is 191 Å². The molecule has 34 heavy (non-hydrogen) atoms. The van der Waals surface area contributed by atoms with Crippen LogP contribution in [-0.2, 0) is 12.6 Å². The maximum atomic E-state index is 12.9. The Morgan fingerprint density at radius 3 is 2.62 bits per heavy atom. The van der Waals surface area contributed by atoms with Crippen LogP contribution in [0.1, 0.15) is 40.1 Å². The monoisotopic (exact) mass is 461 g/mol. The fraction of sp³-hybridized carbons (Fsp3) is 0.273. The smallest absolute Gasteiger partial charge is 0.296 e. The molecule has 0 aliphatic heterocycles. The first kappa shape index (κ1) is 20.1. The summed E-state index contributed by atoms with van der Waals surface area (Å²) in [6.45, 7) is 0. The van der Waals surface area contributed by atoms with Gasteiger partial charge in [0.05, 0.1) is 17.2 Å². The minimum absolute atomic E-state index is 0.111. The Bertz CT molecular complexity index is 1550. The lowest BCUT2D eigenvalue weighted by Crippen LogP contribution is -2.59. The Morgan fingerprint density at radius 2 is 2.00 bits per heavy atom. The van der Waals surface area contributed by atoms with Crippen molar-refractivity contribution in [1.29, 1.82) is 0 Å². The number of fused-ring (bicyclic) bond motifs is 1. The highest BCUT2D eigenvalue weighted by molar-refractivity contribution is 6.04. The number of primary amides is 1. The number of hydrogen-bond donors (Lipinski definition) is 3. The number of nitrogens with two attached hydrogens (primary N) is 1. The second-order valence-corrected chi connectivity index (χ2v) is 8.91. The van der Waals surface area contributed by atoms with E-state index >= 15 is 0 Å². The third-order valence-corrected chi connectivity index (χ3v) is 6.79. The van der Waals surface area contributed by atoms with Gasteiger partial charge in [-0.05, 0) is 43.4 Å². The summed E-state index contributed by atoms with van der Waals surface area (Å²) in [6.07, 6.45) is 5.31. The van der Waals surface area contributed by atoms with Crippen molar-refractivity contribution in [2.75, 3.05) is 5.32 Å². The first-order valence-corrected chi connectivity index (χ1v) is 10.6. The fourth-order valence-corrected chi connectivity index (χ4v) is 4.97. The summed E-state index contributed by atoms with van der Waals surface area (Å²) >= 11 is 0. The zero-order valence-electron chi connectivity index (χ0n) is 18.0. The van der Waals surface area contributed by atoms with Crippen molar-refractivity contribution in [1.82, 2.24) is 24.3 Å². The van der Waals surface area contributed by atoms with Crippen molar-refractivity contribution in [3.8, 4) is 17.4 Å². The van der Waals surface area contributed by atoms with Crippen molar-refractivity contribution < 1.29 is 19.2 Å². The zero-order valence-corrected chi connectivity index (χ0v) is 18.0. The average molecular weight is 461 g/mol. The highest BCUT2D eigenvalue weighted by Gasteiger charge is 2.59. The van der Waals surface area contributed by atoms with Crippen molar-refractivity contribution >= 4 is 28.5 Å². The van der Waals surface area contributed by atoms with Crippen molar-refractivity contribution in [3.63, 3.8) is 0 Å². The molecule has 12 heteroatoms. The highest BCUT2D eigenvalue weighted by atomic mass is 16.5. The number of nitrogens with one attached hydrogen (secondary N) is 1. The predicted molar refractivity (Wildman–Crippen MR) is 118 cm³/mol. The normalized spacial score (nSPS) is 20.6. The number of carbonyl (C=O) groups excluding carboxylic acids is 2. The summed E-state index contributed by atoms with van der Waals surface area (Å²) in [6, 6.07) is 4.97. The van der Waals surface area contributed by atoms with Gasteiger partial charge in [0.2, 0.25) is 11.7 Å². The fourth-order valence-electron chi connectivity index (χ4n) is 4.97. The van der Waals surface area contributed by atoms with Crippen LogP contribution in [0, 0.1) is 5.92 Å². The predicted octanol–water partition coefficient (Wildman–Crippen LogP) is 1.35. The maximum Gasteiger partial charge on any atom is 0.296 e. The van der Waals surface area contributed by atoms with Crippen LogP contribution in [-0.4, -0.2) is 41.2 Å². The van der Waals surface area contributed by atoms with Gasteiger partial charge >= 0.3 is 0 Å². The molecular weight excluding hydrogens is 442 g/mol. The lowest BCUT2D eigenvalue weighted by atomic mass is 9.49.